The van der Waals surface area contributed by atoms with Crippen molar-refractivity contribution in [1.29, 1.82) is 0 Å². The highest BCUT2D eigenvalue weighted by molar-refractivity contribution is 6.17. The molecule has 0 heteroatoms. The second-order valence-corrected chi connectivity index (χ2v) is 5.78. The smallest absolute Gasteiger partial charge is 0.00926 e. The van der Waals surface area contributed by atoms with Crippen molar-refractivity contribution >= 4 is 43.1 Å². The summed E-state index contributed by atoms with van der Waals surface area (Å²) in [7, 11) is 0. The number of hydrogen-bond donors (Lipinski definition) is 0. The van der Waals surface area contributed by atoms with Crippen molar-refractivity contribution in [2.45, 2.75) is 0 Å². The summed E-state index contributed by atoms with van der Waals surface area (Å²) in [4.78, 5) is 0. The summed E-state index contributed by atoms with van der Waals surface area (Å²) in [6, 6.07) is 31.6. The standard InChI is InChI=1S/C22H13/c1-3-7-19-15(5-1)9-11-17-14-22-18(13-21(17)19)12-10-16-6-2-4-8-20(16)22/h1-9,11-14H. The Morgan fingerprint density at radius 3 is 2.14 bits per heavy atom. The van der Waals surface area contributed by atoms with Gasteiger partial charge in [0.1, 0.15) is 0 Å². The summed E-state index contributed by atoms with van der Waals surface area (Å²) < 4.78 is 0. The molecule has 101 valence electrons. The fraction of sp³-hybridized carbons (Fsp3) is 0. The largest absolute Gasteiger partial charge is 0.0616 e. The van der Waals surface area contributed by atoms with Crippen molar-refractivity contribution in [2.75, 3.05) is 0 Å². The second kappa shape index (κ2) is 4.32. The minimum atomic E-state index is 1.18. The molecule has 0 nitrogen and oxygen atoms in total. The predicted molar refractivity (Wildman–Crippen MR) is 95.3 cm³/mol. The highest BCUT2D eigenvalue weighted by Crippen LogP contribution is 2.32. The Morgan fingerprint density at radius 2 is 1.18 bits per heavy atom. The van der Waals surface area contributed by atoms with Crippen LogP contribution in [-0.2, 0) is 0 Å². The van der Waals surface area contributed by atoms with E-state index in [0.717, 1.165) is 0 Å². The zero-order chi connectivity index (χ0) is 14.5. The molecule has 5 aromatic carbocycles. The lowest BCUT2D eigenvalue weighted by Crippen LogP contribution is -1.81. The molecule has 0 aromatic heterocycles. The fourth-order valence-electron chi connectivity index (χ4n) is 3.42. The van der Waals surface area contributed by atoms with Crippen molar-refractivity contribution in [3.63, 3.8) is 0 Å². The van der Waals surface area contributed by atoms with E-state index in [2.05, 4.69) is 84.9 Å². The number of hydrogen-bond acceptors (Lipinski definition) is 0. The first-order valence-corrected chi connectivity index (χ1v) is 7.55. The van der Waals surface area contributed by atoms with Crippen molar-refractivity contribution in [3.8, 4) is 0 Å². The quantitative estimate of drug-likeness (QED) is 0.237. The van der Waals surface area contributed by atoms with Gasteiger partial charge in [-0.3, -0.25) is 0 Å². The van der Waals surface area contributed by atoms with E-state index in [1.165, 1.54) is 43.1 Å². The zero-order valence-corrected chi connectivity index (χ0v) is 12.0. The Hall–Kier alpha value is -2.86. The van der Waals surface area contributed by atoms with E-state index in [-0.39, 0.29) is 0 Å². The van der Waals surface area contributed by atoms with Crippen LogP contribution in [0.2, 0.25) is 0 Å². The summed E-state index contributed by atoms with van der Waals surface area (Å²) in [5, 5.41) is 10.2. The van der Waals surface area contributed by atoms with E-state index in [0.29, 0.717) is 0 Å². The van der Waals surface area contributed by atoms with Crippen LogP contribution in [-0.4, -0.2) is 0 Å². The van der Waals surface area contributed by atoms with E-state index in [1.807, 2.05) is 0 Å². The van der Waals surface area contributed by atoms with Crippen LogP contribution in [0.4, 0.5) is 0 Å². The summed E-state index contributed by atoms with van der Waals surface area (Å²) in [5.41, 5.74) is 0. The lowest BCUT2D eigenvalue weighted by molar-refractivity contribution is 1.77. The van der Waals surface area contributed by atoms with Gasteiger partial charge in [0, 0.05) is 0 Å². The molecule has 0 N–H and O–H groups in total. The van der Waals surface area contributed by atoms with E-state index < -0.39 is 0 Å². The SMILES string of the molecule is [c]1cc2cc3c(ccc4ccccc43)cc2c2ccccc12. The van der Waals surface area contributed by atoms with E-state index >= 15 is 0 Å². The van der Waals surface area contributed by atoms with Crippen LogP contribution >= 0.6 is 0 Å². The van der Waals surface area contributed by atoms with Crippen molar-refractivity contribution in [1.82, 2.24) is 0 Å². The molecule has 0 fully saturated rings. The molecule has 0 unspecified atom stereocenters. The van der Waals surface area contributed by atoms with Crippen LogP contribution < -0.4 is 0 Å². The Balaban J connectivity index is 2.02. The van der Waals surface area contributed by atoms with Gasteiger partial charge in [0.25, 0.3) is 0 Å². The third kappa shape index (κ3) is 1.58. The minimum absolute atomic E-state index is 1.18. The van der Waals surface area contributed by atoms with Crippen LogP contribution in [0.25, 0.3) is 43.1 Å². The third-order valence-corrected chi connectivity index (χ3v) is 4.52. The molecular formula is C22H13. The molecule has 0 saturated heterocycles. The van der Waals surface area contributed by atoms with Crippen LogP contribution in [0.1, 0.15) is 0 Å². The molecule has 5 aromatic rings. The first-order valence-electron chi connectivity index (χ1n) is 7.55. The lowest BCUT2D eigenvalue weighted by atomic mass is 9.95. The first kappa shape index (κ1) is 11.8. The van der Waals surface area contributed by atoms with Crippen LogP contribution in [0, 0.1) is 6.07 Å². The van der Waals surface area contributed by atoms with Gasteiger partial charge in [-0.25, -0.2) is 0 Å². The molecular weight excluding hydrogens is 264 g/mol. The summed E-state index contributed by atoms with van der Waals surface area (Å²) in [6.45, 7) is 0. The third-order valence-electron chi connectivity index (χ3n) is 4.52. The Kier molecular flexibility index (Phi) is 2.31. The van der Waals surface area contributed by atoms with Gasteiger partial charge in [0.15, 0.2) is 0 Å². The first-order chi connectivity index (χ1) is 10.9. The predicted octanol–water partition coefficient (Wildman–Crippen LogP) is 6.10. The maximum absolute atomic E-state index is 3.41. The average molecular weight is 277 g/mol. The van der Waals surface area contributed by atoms with E-state index in [1.54, 1.807) is 0 Å². The van der Waals surface area contributed by atoms with Gasteiger partial charge >= 0.3 is 0 Å². The fourth-order valence-corrected chi connectivity index (χ4v) is 3.42. The van der Waals surface area contributed by atoms with Gasteiger partial charge in [-0.05, 0) is 67.4 Å². The summed E-state index contributed by atoms with van der Waals surface area (Å²) >= 11 is 0. The zero-order valence-electron chi connectivity index (χ0n) is 12.0. The van der Waals surface area contributed by atoms with Crippen molar-refractivity contribution < 1.29 is 0 Å². The minimum Gasteiger partial charge on any atom is -0.0616 e. The van der Waals surface area contributed by atoms with Gasteiger partial charge in [0.2, 0.25) is 0 Å². The van der Waals surface area contributed by atoms with Gasteiger partial charge < -0.3 is 0 Å². The summed E-state index contributed by atoms with van der Waals surface area (Å²) in [5.74, 6) is 0. The summed E-state index contributed by atoms with van der Waals surface area (Å²) in [6.07, 6.45) is 0. The molecule has 0 amide bonds. The Bertz CT molecular complexity index is 1070. The molecule has 0 spiro atoms. The molecule has 0 aliphatic heterocycles. The molecule has 0 atom stereocenters. The van der Waals surface area contributed by atoms with Crippen LogP contribution in [0.15, 0.2) is 78.9 Å². The molecule has 0 heterocycles. The van der Waals surface area contributed by atoms with Gasteiger partial charge in [0.05, 0.1) is 0 Å². The molecule has 0 aliphatic rings. The molecule has 0 bridgehead atoms. The normalized spacial score (nSPS) is 11.6. The lowest BCUT2D eigenvalue weighted by Gasteiger charge is -2.08. The van der Waals surface area contributed by atoms with Gasteiger partial charge in [-0.2, -0.15) is 0 Å². The average Bonchev–Trinajstić information content (AvgIpc) is 2.60. The topological polar surface area (TPSA) is 0 Å². The van der Waals surface area contributed by atoms with Crippen molar-refractivity contribution in [3.05, 3.63) is 84.9 Å². The monoisotopic (exact) mass is 277 g/mol. The van der Waals surface area contributed by atoms with E-state index in [9.17, 15) is 0 Å². The maximum Gasteiger partial charge on any atom is -0.00926 e. The van der Waals surface area contributed by atoms with Crippen LogP contribution in [0.3, 0.4) is 0 Å². The van der Waals surface area contributed by atoms with Gasteiger partial charge in [-0.15, -0.1) is 0 Å². The molecule has 1 radical (unpaired) electrons. The second-order valence-electron chi connectivity index (χ2n) is 5.78. The Morgan fingerprint density at radius 1 is 0.500 bits per heavy atom. The van der Waals surface area contributed by atoms with Crippen molar-refractivity contribution in [2.24, 2.45) is 0 Å². The highest BCUT2D eigenvalue weighted by Gasteiger charge is 2.05. The molecule has 0 aliphatic carbocycles. The number of benzene rings is 5. The molecule has 5 rings (SSSR count). The number of rotatable bonds is 0. The Labute approximate surface area is 128 Å². The van der Waals surface area contributed by atoms with Crippen LogP contribution in [0.5, 0.6) is 0 Å². The maximum atomic E-state index is 3.41. The van der Waals surface area contributed by atoms with Gasteiger partial charge in [-0.1, -0.05) is 60.7 Å². The molecule has 0 saturated carbocycles. The number of fused-ring (bicyclic) bond motifs is 6. The van der Waals surface area contributed by atoms with E-state index in [4.69, 9.17) is 0 Å². The highest BCUT2D eigenvalue weighted by atomic mass is 14.1. The molecule has 22 heavy (non-hydrogen) atoms.